The Morgan fingerprint density at radius 2 is 1.89 bits per heavy atom. The van der Waals surface area contributed by atoms with Crippen LogP contribution < -0.4 is 5.73 Å². The van der Waals surface area contributed by atoms with E-state index in [0.717, 1.165) is 23.7 Å². The van der Waals surface area contributed by atoms with Gasteiger partial charge in [0.1, 0.15) is 0 Å². The summed E-state index contributed by atoms with van der Waals surface area (Å²) in [6.45, 7) is 4.15. The molecule has 1 aliphatic rings. The Kier molecular flexibility index (Phi) is 6.58. The quantitative estimate of drug-likeness (QED) is 0.783. The molecule has 0 saturated carbocycles. The van der Waals surface area contributed by atoms with Crippen LogP contribution in [-0.2, 0) is 10.0 Å². The lowest BCUT2D eigenvalue weighted by atomic mass is 10.1. The van der Waals surface area contributed by atoms with Crippen LogP contribution in [0.1, 0.15) is 26.2 Å². The minimum atomic E-state index is -4.44. The van der Waals surface area contributed by atoms with Gasteiger partial charge in [0.25, 0.3) is 10.0 Å². The fourth-order valence-electron chi connectivity index (χ4n) is 2.48. The number of sulfonamides is 1. The lowest BCUT2D eigenvalue weighted by Crippen LogP contribution is -2.41. The molecule has 1 saturated heterocycles. The number of nitrogens with two attached hydrogens (primary N) is 1. The normalized spacial score (nSPS) is 21.5. The number of halogens is 2. The lowest BCUT2D eigenvalue weighted by molar-refractivity contribution is 0.190. The Balaban J connectivity index is 2.66. The standard InChI is InChI=1S/C11H23F2N3O2S/c1-2-10(4-5-14)15-6-3-7-16(9-8-15)19(17,18)11(12)13/h10-11H,2-9,14H2,1H3. The molecule has 2 N–H and O–H groups in total. The summed E-state index contributed by atoms with van der Waals surface area (Å²) in [4.78, 5) is 2.16. The van der Waals surface area contributed by atoms with Crippen molar-refractivity contribution in [3.63, 3.8) is 0 Å². The number of hydrogen-bond donors (Lipinski definition) is 1. The van der Waals surface area contributed by atoms with Crippen LogP contribution in [-0.4, -0.2) is 62.1 Å². The lowest BCUT2D eigenvalue weighted by Gasteiger charge is -2.29. The predicted molar refractivity (Wildman–Crippen MR) is 70.4 cm³/mol. The van der Waals surface area contributed by atoms with E-state index in [9.17, 15) is 17.2 Å². The van der Waals surface area contributed by atoms with E-state index in [2.05, 4.69) is 11.8 Å². The third-order valence-corrected chi connectivity index (χ3v) is 5.10. The molecule has 1 fully saturated rings. The van der Waals surface area contributed by atoms with Crippen molar-refractivity contribution < 1.29 is 17.2 Å². The number of nitrogens with zero attached hydrogens (tertiary/aromatic N) is 2. The van der Waals surface area contributed by atoms with Crippen molar-refractivity contribution in [1.82, 2.24) is 9.21 Å². The van der Waals surface area contributed by atoms with Crippen LogP contribution in [0, 0.1) is 0 Å². The van der Waals surface area contributed by atoms with Crippen LogP contribution in [0.25, 0.3) is 0 Å². The molecule has 0 aliphatic carbocycles. The molecule has 1 unspecified atom stereocenters. The Bertz CT molecular complexity index is 365. The van der Waals surface area contributed by atoms with Gasteiger partial charge in [-0.05, 0) is 32.4 Å². The summed E-state index contributed by atoms with van der Waals surface area (Å²) in [6, 6.07) is 0.305. The van der Waals surface area contributed by atoms with E-state index in [-0.39, 0.29) is 13.1 Å². The molecule has 1 aliphatic heterocycles. The minimum Gasteiger partial charge on any atom is -0.330 e. The largest absolute Gasteiger partial charge is 0.350 e. The smallest absolute Gasteiger partial charge is 0.330 e. The zero-order valence-electron chi connectivity index (χ0n) is 11.3. The molecule has 0 radical (unpaired) electrons. The van der Waals surface area contributed by atoms with Gasteiger partial charge in [-0.3, -0.25) is 4.90 Å². The Labute approximate surface area is 113 Å². The van der Waals surface area contributed by atoms with Crippen molar-refractivity contribution in [3.8, 4) is 0 Å². The van der Waals surface area contributed by atoms with Gasteiger partial charge in [0, 0.05) is 25.7 Å². The Morgan fingerprint density at radius 3 is 2.42 bits per heavy atom. The van der Waals surface area contributed by atoms with Gasteiger partial charge in [0.15, 0.2) is 0 Å². The maximum Gasteiger partial charge on any atom is 0.350 e. The summed E-state index contributed by atoms with van der Waals surface area (Å²) in [5.74, 6) is -3.33. The van der Waals surface area contributed by atoms with Gasteiger partial charge in [-0.25, -0.2) is 8.42 Å². The molecule has 1 heterocycles. The third-order valence-electron chi connectivity index (χ3n) is 3.56. The van der Waals surface area contributed by atoms with E-state index < -0.39 is 15.8 Å². The first-order valence-corrected chi connectivity index (χ1v) is 8.15. The molecule has 0 aromatic rings. The van der Waals surface area contributed by atoms with E-state index in [1.165, 1.54) is 0 Å². The Hall–Kier alpha value is -0.310. The molecule has 5 nitrogen and oxygen atoms in total. The molecule has 0 amide bonds. The number of rotatable bonds is 6. The van der Waals surface area contributed by atoms with E-state index in [4.69, 9.17) is 5.73 Å². The van der Waals surface area contributed by atoms with E-state index in [1.54, 1.807) is 0 Å². The fourth-order valence-corrected chi connectivity index (χ4v) is 3.43. The highest BCUT2D eigenvalue weighted by atomic mass is 32.2. The van der Waals surface area contributed by atoms with Gasteiger partial charge in [0.2, 0.25) is 0 Å². The summed E-state index contributed by atoms with van der Waals surface area (Å²) in [5, 5.41) is 0. The molecule has 0 aromatic heterocycles. The Morgan fingerprint density at radius 1 is 1.21 bits per heavy atom. The van der Waals surface area contributed by atoms with Crippen LogP contribution >= 0.6 is 0 Å². The zero-order chi connectivity index (χ0) is 14.5. The van der Waals surface area contributed by atoms with Gasteiger partial charge < -0.3 is 5.73 Å². The highest BCUT2D eigenvalue weighted by molar-refractivity contribution is 7.89. The van der Waals surface area contributed by atoms with Gasteiger partial charge in [-0.15, -0.1) is 0 Å². The van der Waals surface area contributed by atoms with E-state index in [0.29, 0.717) is 25.6 Å². The van der Waals surface area contributed by atoms with Crippen molar-refractivity contribution in [2.75, 3.05) is 32.7 Å². The first-order valence-electron chi connectivity index (χ1n) is 6.64. The third kappa shape index (κ3) is 4.34. The second-order valence-electron chi connectivity index (χ2n) is 4.73. The van der Waals surface area contributed by atoms with Gasteiger partial charge in [0.05, 0.1) is 0 Å². The molecule has 114 valence electrons. The maximum absolute atomic E-state index is 12.5. The van der Waals surface area contributed by atoms with Gasteiger partial charge in [-0.1, -0.05) is 6.92 Å². The zero-order valence-corrected chi connectivity index (χ0v) is 12.1. The summed E-state index contributed by atoms with van der Waals surface area (Å²) < 4.78 is 48.8. The number of alkyl halides is 2. The molecule has 1 atom stereocenters. The van der Waals surface area contributed by atoms with Crippen LogP contribution in [0.15, 0.2) is 0 Å². The van der Waals surface area contributed by atoms with Crippen molar-refractivity contribution in [1.29, 1.82) is 0 Å². The molecule has 0 bridgehead atoms. The predicted octanol–water partition coefficient (Wildman–Crippen LogP) is 0.674. The van der Waals surface area contributed by atoms with Crippen LogP contribution in [0.4, 0.5) is 8.78 Å². The molecule has 0 aromatic carbocycles. The highest BCUT2D eigenvalue weighted by Gasteiger charge is 2.33. The molecule has 0 spiro atoms. The van der Waals surface area contributed by atoms with Crippen molar-refractivity contribution in [2.45, 2.75) is 38.0 Å². The molecule has 8 heteroatoms. The van der Waals surface area contributed by atoms with Gasteiger partial charge >= 0.3 is 5.76 Å². The van der Waals surface area contributed by atoms with Crippen molar-refractivity contribution in [3.05, 3.63) is 0 Å². The summed E-state index contributed by atoms with van der Waals surface area (Å²) >= 11 is 0. The van der Waals surface area contributed by atoms with Crippen LogP contribution in [0.2, 0.25) is 0 Å². The first kappa shape index (κ1) is 16.7. The summed E-state index contributed by atoms with van der Waals surface area (Å²) in [5.41, 5.74) is 5.55. The van der Waals surface area contributed by atoms with Crippen LogP contribution in [0.3, 0.4) is 0 Å². The molecular weight excluding hydrogens is 276 g/mol. The van der Waals surface area contributed by atoms with Crippen molar-refractivity contribution in [2.24, 2.45) is 5.73 Å². The SMILES string of the molecule is CCC(CCN)N1CCCN(S(=O)(=O)C(F)F)CC1. The first-order chi connectivity index (χ1) is 8.93. The topological polar surface area (TPSA) is 66.6 Å². The minimum absolute atomic E-state index is 0.133. The second-order valence-corrected chi connectivity index (χ2v) is 6.64. The molecular formula is C11H23F2N3O2S. The maximum atomic E-state index is 12.5. The van der Waals surface area contributed by atoms with Crippen molar-refractivity contribution >= 4 is 10.0 Å². The highest BCUT2D eigenvalue weighted by Crippen LogP contribution is 2.17. The molecule has 1 rings (SSSR count). The second kappa shape index (κ2) is 7.47. The van der Waals surface area contributed by atoms with E-state index in [1.807, 2.05) is 0 Å². The van der Waals surface area contributed by atoms with Crippen LogP contribution in [0.5, 0.6) is 0 Å². The average Bonchev–Trinajstić information content (AvgIpc) is 2.61. The number of hydrogen-bond acceptors (Lipinski definition) is 4. The van der Waals surface area contributed by atoms with E-state index >= 15 is 0 Å². The summed E-state index contributed by atoms with van der Waals surface area (Å²) in [6.07, 6.45) is 2.35. The molecule has 19 heavy (non-hydrogen) atoms. The summed E-state index contributed by atoms with van der Waals surface area (Å²) in [7, 11) is -4.44. The monoisotopic (exact) mass is 299 g/mol. The van der Waals surface area contributed by atoms with Gasteiger partial charge in [-0.2, -0.15) is 13.1 Å². The average molecular weight is 299 g/mol. The fraction of sp³-hybridized carbons (Fsp3) is 1.00.